The van der Waals surface area contributed by atoms with E-state index in [2.05, 4.69) is 11.2 Å². The van der Waals surface area contributed by atoms with Crippen molar-refractivity contribution < 1.29 is 9.53 Å². The van der Waals surface area contributed by atoms with Crippen molar-refractivity contribution in [3.05, 3.63) is 35.8 Å². The third-order valence-corrected chi connectivity index (χ3v) is 4.59. The summed E-state index contributed by atoms with van der Waals surface area (Å²) < 4.78 is 6.71. The summed E-state index contributed by atoms with van der Waals surface area (Å²) in [7, 11) is 1.39. The van der Waals surface area contributed by atoms with Crippen molar-refractivity contribution in [2.75, 3.05) is 18.6 Å². The zero-order valence-electron chi connectivity index (χ0n) is 10.8. The van der Waals surface area contributed by atoms with Gasteiger partial charge >= 0.3 is 5.97 Å². The molecule has 0 saturated carbocycles. The maximum atomic E-state index is 11.5. The predicted molar refractivity (Wildman–Crippen MR) is 75.8 cm³/mol. The van der Waals surface area contributed by atoms with Crippen molar-refractivity contribution in [3.63, 3.8) is 0 Å². The predicted octanol–water partition coefficient (Wildman–Crippen LogP) is 2.73. The zero-order chi connectivity index (χ0) is 13.2. The number of thioether (sulfide) groups is 1. The van der Waals surface area contributed by atoms with E-state index in [1.165, 1.54) is 31.5 Å². The average molecular weight is 276 g/mol. The van der Waals surface area contributed by atoms with Gasteiger partial charge in [0.15, 0.2) is 0 Å². The van der Waals surface area contributed by atoms with E-state index in [4.69, 9.17) is 4.74 Å². The molecule has 19 heavy (non-hydrogen) atoms. The van der Waals surface area contributed by atoms with Crippen molar-refractivity contribution in [1.29, 1.82) is 0 Å². The SMILES string of the molecule is COC(=O)c1ccn2cc(C3CCSCC3)nc2c1. The van der Waals surface area contributed by atoms with Crippen molar-refractivity contribution >= 4 is 23.4 Å². The van der Waals surface area contributed by atoms with E-state index in [1.807, 2.05) is 22.4 Å². The van der Waals surface area contributed by atoms with Crippen LogP contribution in [0.3, 0.4) is 0 Å². The number of rotatable bonds is 2. The van der Waals surface area contributed by atoms with Gasteiger partial charge in [-0.25, -0.2) is 9.78 Å². The first-order valence-electron chi connectivity index (χ1n) is 6.42. The number of ether oxygens (including phenoxy) is 1. The first-order valence-corrected chi connectivity index (χ1v) is 7.58. The molecule has 0 aliphatic carbocycles. The summed E-state index contributed by atoms with van der Waals surface area (Å²) in [6.07, 6.45) is 6.34. The second kappa shape index (κ2) is 5.25. The molecule has 0 bridgehead atoms. The third kappa shape index (κ3) is 2.47. The highest BCUT2D eigenvalue weighted by molar-refractivity contribution is 7.99. The largest absolute Gasteiger partial charge is 0.465 e. The van der Waals surface area contributed by atoms with Crippen LogP contribution >= 0.6 is 11.8 Å². The molecule has 0 N–H and O–H groups in total. The Kier molecular flexibility index (Phi) is 3.46. The minimum Gasteiger partial charge on any atom is -0.465 e. The van der Waals surface area contributed by atoms with Crippen molar-refractivity contribution in [3.8, 4) is 0 Å². The van der Waals surface area contributed by atoms with Gasteiger partial charge in [0, 0.05) is 18.3 Å². The zero-order valence-corrected chi connectivity index (χ0v) is 11.7. The maximum Gasteiger partial charge on any atom is 0.338 e. The fourth-order valence-electron chi connectivity index (χ4n) is 2.44. The van der Waals surface area contributed by atoms with Gasteiger partial charge in [0.25, 0.3) is 0 Å². The van der Waals surface area contributed by atoms with Gasteiger partial charge in [-0.15, -0.1) is 0 Å². The summed E-state index contributed by atoms with van der Waals surface area (Å²) >= 11 is 2.01. The highest BCUT2D eigenvalue weighted by atomic mass is 32.2. The molecule has 1 saturated heterocycles. The number of nitrogens with zero attached hydrogens (tertiary/aromatic N) is 2. The Labute approximate surface area is 116 Å². The van der Waals surface area contributed by atoms with Gasteiger partial charge in [-0.05, 0) is 36.5 Å². The average Bonchev–Trinajstić information content (AvgIpc) is 2.90. The van der Waals surface area contributed by atoms with E-state index in [1.54, 1.807) is 12.1 Å². The molecule has 100 valence electrons. The van der Waals surface area contributed by atoms with Crippen LogP contribution in [0.4, 0.5) is 0 Å². The van der Waals surface area contributed by atoms with E-state index in [-0.39, 0.29) is 5.97 Å². The highest BCUT2D eigenvalue weighted by Crippen LogP contribution is 2.31. The number of esters is 1. The van der Waals surface area contributed by atoms with E-state index in [9.17, 15) is 4.79 Å². The molecule has 5 heteroatoms. The second-order valence-electron chi connectivity index (χ2n) is 4.72. The lowest BCUT2D eigenvalue weighted by Gasteiger charge is -2.18. The summed E-state index contributed by atoms with van der Waals surface area (Å²) in [5, 5.41) is 0. The molecule has 2 aromatic rings. The van der Waals surface area contributed by atoms with Gasteiger partial charge in [0.05, 0.1) is 18.4 Å². The van der Waals surface area contributed by atoms with Crippen LogP contribution in [0.5, 0.6) is 0 Å². The van der Waals surface area contributed by atoms with Crippen LogP contribution in [-0.2, 0) is 4.74 Å². The van der Waals surface area contributed by atoms with Gasteiger partial charge in [-0.3, -0.25) is 0 Å². The first-order chi connectivity index (χ1) is 9.28. The smallest absolute Gasteiger partial charge is 0.338 e. The molecule has 0 spiro atoms. The molecule has 2 aromatic heterocycles. The van der Waals surface area contributed by atoms with Gasteiger partial charge in [0.1, 0.15) is 5.65 Å². The van der Waals surface area contributed by atoms with E-state index >= 15 is 0 Å². The molecule has 0 radical (unpaired) electrons. The Morgan fingerprint density at radius 2 is 2.26 bits per heavy atom. The summed E-state index contributed by atoms with van der Waals surface area (Å²) in [6, 6.07) is 3.55. The fourth-order valence-corrected chi connectivity index (χ4v) is 3.54. The first kappa shape index (κ1) is 12.5. The molecule has 0 atom stereocenters. The number of pyridine rings is 1. The summed E-state index contributed by atoms with van der Waals surface area (Å²) in [4.78, 5) is 16.2. The lowest BCUT2D eigenvalue weighted by Crippen LogP contribution is -2.07. The number of hydrogen-bond donors (Lipinski definition) is 0. The summed E-state index contributed by atoms with van der Waals surface area (Å²) in [5.74, 6) is 2.67. The van der Waals surface area contributed by atoms with Crippen LogP contribution in [0.2, 0.25) is 0 Å². The number of fused-ring (bicyclic) bond motifs is 1. The van der Waals surface area contributed by atoms with Crippen LogP contribution in [0, 0.1) is 0 Å². The Bertz CT molecular complexity index is 603. The minimum absolute atomic E-state index is 0.318. The van der Waals surface area contributed by atoms with Crippen LogP contribution in [0.25, 0.3) is 5.65 Å². The molecule has 4 nitrogen and oxygen atoms in total. The number of aromatic nitrogens is 2. The van der Waals surface area contributed by atoms with Gasteiger partial charge in [0.2, 0.25) is 0 Å². The summed E-state index contributed by atoms with van der Waals surface area (Å²) in [6.45, 7) is 0. The monoisotopic (exact) mass is 276 g/mol. The molecular formula is C14H16N2O2S. The molecule has 0 amide bonds. The van der Waals surface area contributed by atoms with Crippen LogP contribution < -0.4 is 0 Å². The Morgan fingerprint density at radius 3 is 3.00 bits per heavy atom. The van der Waals surface area contributed by atoms with Crippen molar-refractivity contribution in [2.45, 2.75) is 18.8 Å². The lowest BCUT2D eigenvalue weighted by molar-refractivity contribution is 0.0600. The summed E-state index contributed by atoms with van der Waals surface area (Å²) in [5.41, 5.74) is 2.50. The maximum absolute atomic E-state index is 11.5. The second-order valence-corrected chi connectivity index (χ2v) is 5.95. The normalized spacial score (nSPS) is 16.7. The van der Waals surface area contributed by atoms with Crippen LogP contribution in [0.1, 0.15) is 34.8 Å². The Balaban J connectivity index is 1.93. The molecule has 3 heterocycles. The number of carbonyl (C=O) groups is 1. The topological polar surface area (TPSA) is 43.6 Å². The standard InChI is InChI=1S/C14H16N2O2S/c1-18-14(17)11-2-5-16-9-12(15-13(16)8-11)10-3-6-19-7-4-10/h2,5,8-10H,3-4,6-7H2,1H3. The minimum atomic E-state index is -0.318. The number of hydrogen-bond acceptors (Lipinski definition) is 4. The molecule has 1 aliphatic rings. The molecule has 0 aromatic carbocycles. The fraction of sp³-hybridized carbons (Fsp3) is 0.429. The third-order valence-electron chi connectivity index (χ3n) is 3.54. The molecule has 1 fully saturated rings. The molecule has 0 unspecified atom stereocenters. The Morgan fingerprint density at radius 1 is 1.47 bits per heavy atom. The van der Waals surface area contributed by atoms with E-state index in [0.717, 1.165) is 11.3 Å². The number of methoxy groups -OCH3 is 1. The lowest BCUT2D eigenvalue weighted by atomic mass is 10.00. The van der Waals surface area contributed by atoms with Crippen molar-refractivity contribution in [2.24, 2.45) is 0 Å². The molecule has 3 rings (SSSR count). The molecular weight excluding hydrogens is 260 g/mol. The number of imidazole rings is 1. The molecule has 1 aliphatic heterocycles. The highest BCUT2D eigenvalue weighted by Gasteiger charge is 2.19. The Hall–Kier alpha value is -1.49. The van der Waals surface area contributed by atoms with Crippen molar-refractivity contribution in [1.82, 2.24) is 9.38 Å². The van der Waals surface area contributed by atoms with Crippen LogP contribution in [0.15, 0.2) is 24.5 Å². The van der Waals surface area contributed by atoms with Gasteiger partial charge in [-0.1, -0.05) is 0 Å². The van der Waals surface area contributed by atoms with Gasteiger partial charge in [-0.2, -0.15) is 11.8 Å². The van der Waals surface area contributed by atoms with Crippen LogP contribution in [-0.4, -0.2) is 34.0 Å². The van der Waals surface area contributed by atoms with E-state index in [0.29, 0.717) is 11.5 Å². The van der Waals surface area contributed by atoms with E-state index < -0.39 is 0 Å². The quantitative estimate of drug-likeness (QED) is 0.791. The van der Waals surface area contributed by atoms with Gasteiger partial charge < -0.3 is 9.14 Å². The number of carbonyl (C=O) groups excluding carboxylic acids is 1.